The number of carbonyl (C=O) groups is 2. The fourth-order valence-corrected chi connectivity index (χ4v) is 6.47. The molecule has 2 heterocycles. The summed E-state index contributed by atoms with van der Waals surface area (Å²) in [5.74, 6) is -2.97. The second kappa shape index (κ2) is 22.4. The smallest absolute Gasteiger partial charge is 0.338 e. The van der Waals surface area contributed by atoms with Gasteiger partial charge in [-0.25, -0.2) is 4.79 Å². The summed E-state index contributed by atoms with van der Waals surface area (Å²) in [6.45, 7) is 17.1. The molecule has 0 aromatic rings. The van der Waals surface area contributed by atoms with Crippen molar-refractivity contribution in [3.63, 3.8) is 0 Å². The molecule has 8 unspecified atom stereocenters. The third kappa shape index (κ3) is 14.8. The van der Waals surface area contributed by atoms with Gasteiger partial charge in [-0.1, -0.05) is 19.9 Å². The maximum absolute atomic E-state index is 13.4. The molecule has 2 saturated heterocycles. The molecule has 0 amide bonds. The lowest BCUT2D eigenvalue weighted by Crippen LogP contribution is -2.67. The van der Waals surface area contributed by atoms with Crippen LogP contribution in [0.3, 0.4) is 0 Å². The van der Waals surface area contributed by atoms with Gasteiger partial charge in [0.05, 0.1) is 61.2 Å². The van der Waals surface area contributed by atoms with Gasteiger partial charge in [-0.15, -0.1) is 0 Å². The molecule has 0 radical (unpaired) electrons. The van der Waals surface area contributed by atoms with E-state index < -0.39 is 95.7 Å². The first-order valence-corrected chi connectivity index (χ1v) is 19.8. The number of aliphatic hydroxyl groups is 5. The lowest BCUT2D eigenvalue weighted by Gasteiger charge is -2.49. The van der Waals surface area contributed by atoms with E-state index in [9.17, 15) is 35.1 Å². The molecule has 0 aliphatic carbocycles. The number of ether oxygens (including phenoxy) is 9. The van der Waals surface area contributed by atoms with Crippen LogP contribution in [-0.2, 0) is 52.2 Å². The maximum atomic E-state index is 13.4. The zero-order valence-electron chi connectivity index (χ0n) is 36.0. The van der Waals surface area contributed by atoms with E-state index in [2.05, 4.69) is 0 Å². The molecule has 2 aliphatic rings. The highest BCUT2D eigenvalue weighted by Gasteiger charge is 2.55. The lowest BCUT2D eigenvalue weighted by molar-refractivity contribution is -0.291. The minimum absolute atomic E-state index is 0.0101. The van der Waals surface area contributed by atoms with Crippen molar-refractivity contribution in [2.45, 2.75) is 166 Å². The number of esters is 2. The highest BCUT2D eigenvalue weighted by atomic mass is 16.6. The molecule has 0 aromatic carbocycles. The van der Waals surface area contributed by atoms with E-state index in [1.165, 1.54) is 20.5 Å². The average molecular weight is 821 g/mol. The number of rotatable bonds is 24. The SMILES string of the molecule is CO/C=C\C=C\COC(=O)C1OC(C(C)(C)OCCC(C)(C)O[C@H](CO)C(O)C(O)C(C(=O)OCC2CCCO2)C(C)(C)OC)C(O)C(O)[C@@H]1OC(C)(C)C(C)C. The van der Waals surface area contributed by atoms with Crippen molar-refractivity contribution in [2.24, 2.45) is 11.8 Å². The van der Waals surface area contributed by atoms with Gasteiger partial charge in [-0.3, -0.25) is 4.79 Å². The van der Waals surface area contributed by atoms with Gasteiger partial charge in [0.25, 0.3) is 0 Å². The minimum Gasteiger partial charge on any atom is -0.504 e. The molecule has 332 valence electrons. The highest BCUT2D eigenvalue weighted by molar-refractivity contribution is 5.76. The fraction of sp³-hybridized carbons (Fsp3) is 0.854. The van der Waals surface area contributed by atoms with Gasteiger partial charge < -0.3 is 68.2 Å². The van der Waals surface area contributed by atoms with Crippen LogP contribution in [0.25, 0.3) is 0 Å². The Bertz CT molecular complexity index is 1270. The quantitative estimate of drug-likeness (QED) is 0.0537. The molecule has 57 heavy (non-hydrogen) atoms. The number of hydrogen-bond donors (Lipinski definition) is 5. The molecule has 2 aliphatic heterocycles. The number of carbonyl (C=O) groups excluding carboxylic acids is 2. The summed E-state index contributed by atoms with van der Waals surface area (Å²) < 4.78 is 51.6. The Morgan fingerprint density at radius 1 is 0.912 bits per heavy atom. The highest BCUT2D eigenvalue weighted by Crippen LogP contribution is 2.36. The molecule has 5 N–H and O–H groups in total. The summed E-state index contributed by atoms with van der Waals surface area (Å²) in [5.41, 5.74) is -4.46. The third-order valence-electron chi connectivity index (χ3n) is 11.0. The first-order chi connectivity index (χ1) is 26.5. The van der Waals surface area contributed by atoms with Gasteiger partial charge in [0.15, 0.2) is 6.10 Å². The number of methoxy groups -OCH3 is 2. The van der Waals surface area contributed by atoms with Gasteiger partial charge in [0.2, 0.25) is 0 Å². The van der Waals surface area contributed by atoms with Crippen LogP contribution in [0.2, 0.25) is 0 Å². The van der Waals surface area contributed by atoms with Gasteiger partial charge in [-0.05, 0) is 92.7 Å². The Morgan fingerprint density at radius 2 is 1.58 bits per heavy atom. The van der Waals surface area contributed by atoms with E-state index in [1.54, 1.807) is 59.8 Å². The van der Waals surface area contributed by atoms with Crippen molar-refractivity contribution in [2.75, 3.05) is 47.3 Å². The van der Waals surface area contributed by atoms with Gasteiger partial charge in [0.1, 0.15) is 55.8 Å². The summed E-state index contributed by atoms with van der Waals surface area (Å²) in [6, 6.07) is 0. The first-order valence-electron chi connectivity index (χ1n) is 19.8. The van der Waals surface area contributed by atoms with E-state index >= 15 is 0 Å². The minimum atomic E-state index is -1.75. The van der Waals surface area contributed by atoms with Crippen LogP contribution < -0.4 is 0 Å². The molecule has 10 atom stereocenters. The Morgan fingerprint density at radius 3 is 2.14 bits per heavy atom. The second-order valence-corrected chi connectivity index (χ2v) is 17.3. The second-order valence-electron chi connectivity index (χ2n) is 17.3. The zero-order chi connectivity index (χ0) is 43.4. The van der Waals surface area contributed by atoms with Crippen LogP contribution in [0, 0.1) is 11.8 Å². The molecule has 16 heteroatoms. The molecular formula is C41H72O16. The van der Waals surface area contributed by atoms with E-state index in [-0.39, 0.29) is 38.3 Å². The van der Waals surface area contributed by atoms with Crippen molar-refractivity contribution in [1.82, 2.24) is 0 Å². The summed E-state index contributed by atoms with van der Waals surface area (Å²) in [5, 5.41) is 55.7. The summed E-state index contributed by atoms with van der Waals surface area (Å²) in [6.07, 6.45) is -4.04. The maximum Gasteiger partial charge on any atom is 0.338 e. The van der Waals surface area contributed by atoms with E-state index in [1.807, 2.05) is 27.7 Å². The number of hydrogen-bond acceptors (Lipinski definition) is 16. The summed E-state index contributed by atoms with van der Waals surface area (Å²) >= 11 is 0. The third-order valence-corrected chi connectivity index (χ3v) is 11.0. The van der Waals surface area contributed by atoms with Gasteiger partial charge >= 0.3 is 11.9 Å². The fourth-order valence-electron chi connectivity index (χ4n) is 6.47. The Labute approximate surface area is 338 Å². The van der Waals surface area contributed by atoms with Crippen molar-refractivity contribution in [3.05, 3.63) is 24.5 Å². The van der Waals surface area contributed by atoms with Crippen LogP contribution in [-0.4, -0.2) is 162 Å². The monoisotopic (exact) mass is 820 g/mol. The average Bonchev–Trinajstić information content (AvgIpc) is 3.66. The Kier molecular flexibility index (Phi) is 20.0. The van der Waals surface area contributed by atoms with Crippen LogP contribution in [0.5, 0.6) is 0 Å². The Balaban J connectivity index is 2.17. The van der Waals surface area contributed by atoms with E-state index in [0.29, 0.717) is 6.61 Å². The topological polar surface area (TPSA) is 218 Å². The molecule has 2 rings (SSSR count). The van der Waals surface area contributed by atoms with Gasteiger partial charge in [0, 0.05) is 13.7 Å². The molecule has 0 saturated carbocycles. The molecule has 0 spiro atoms. The largest absolute Gasteiger partial charge is 0.504 e. The zero-order valence-corrected chi connectivity index (χ0v) is 36.0. The predicted molar refractivity (Wildman–Crippen MR) is 208 cm³/mol. The molecular weight excluding hydrogens is 748 g/mol. The van der Waals surface area contributed by atoms with Crippen molar-refractivity contribution in [1.29, 1.82) is 0 Å². The lowest BCUT2D eigenvalue weighted by atomic mass is 9.82. The number of allylic oxidation sites excluding steroid dienone is 2. The van der Waals surface area contributed by atoms with Crippen LogP contribution in [0.4, 0.5) is 0 Å². The van der Waals surface area contributed by atoms with E-state index in [0.717, 1.165) is 12.8 Å². The standard InChI is InChI=1S/C41H72O16/c1-25(2)39(5,6)57-33-31(45)32(46)35(55-34(33)37(48)52-20-15-13-14-19-49-11)41(9,10)54-22-18-38(3,4)56-27(23-42)29(43)30(44)28(40(7,8)50-12)36(47)53-24-26-17-16-21-51-26/h13-15,19,25-35,42-46H,16-18,20-24H2,1-12H3/b15-13+,19-14-/t26?,27-,28?,29?,30?,31?,32?,33+,34?,35?/m1/s1. The summed E-state index contributed by atoms with van der Waals surface area (Å²) in [7, 11) is 2.87. The van der Waals surface area contributed by atoms with Crippen LogP contribution >= 0.6 is 0 Å². The van der Waals surface area contributed by atoms with Crippen molar-refractivity contribution < 1.29 is 77.8 Å². The van der Waals surface area contributed by atoms with Gasteiger partial charge in [-0.2, -0.15) is 0 Å². The summed E-state index contributed by atoms with van der Waals surface area (Å²) in [4.78, 5) is 26.7. The first kappa shape index (κ1) is 50.9. The Hall–Kier alpha value is -2.22. The number of aliphatic hydroxyl groups excluding tert-OH is 5. The van der Waals surface area contributed by atoms with Crippen LogP contribution in [0.1, 0.15) is 88.5 Å². The molecule has 0 bridgehead atoms. The molecule has 16 nitrogen and oxygen atoms in total. The van der Waals surface area contributed by atoms with Crippen molar-refractivity contribution >= 4 is 11.9 Å². The molecule has 0 aromatic heterocycles. The van der Waals surface area contributed by atoms with Crippen molar-refractivity contribution in [3.8, 4) is 0 Å². The molecule has 2 fully saturated rings. The van der Waals surface area contributed by atoms with E-state index in [4.69, 9.17) is 42.6 Å². The normalized spacial score (nSPS) is 26.1. The predicted octanol–water partition coefficient (Wildman–Crippen LogP) is 2.38. The van der Waals surface area contributed by atoms with Crippen LogP contribution in [0.15, 0.2) is 24.5 Å².